The summed E-state index contributed by atoms with van der Waals surface area (Å²) in [7, 11) is 0. The molecule has 124 valence electrons. The van der Waals surface area contributed by atoms with E-state index in [4.69, 9.17) is 5.11 Å². The molecule has 0 bridgehead atoms. The van der Waals surface area contributed by atoms with Crippen LogP contribution in [0.25, 0.3) is 0 Å². The summed E-state index contributed by atoms with van der Waals surface area (Å²) in [5, 5.41) is 15.4. The summed E-state index contributed by atoms with van der Waals surface area (Å²) in [4.78, 5) is 23.1. The van der Waals surface area contributed by atoms with Crippen LogP contribution in [0.5, 0.6) is 0 Å². The summed E-state index contributed by atoms with van der Waals surface area (Å²) < 4.78 is 0. The van der Waals surface area contributed by atoms with Crippen LogP contribution in [0.2, 0.25) is 0 Å². The fourth-order valence-corrected chi connectivity index (χ4v) is 2.91. The van der Waals surface area contributed by atoms with Crippen molar-refractivity contribution in [3.05, 3.63) is 64.7 Å². The molecule has 2 aromatic carbocycles. The van der Waals surface area contributed by atoms with Gasteiger partial charge in [0.2, 0.25) is 0 Å². The Balaban J connectivity index is 1.54. The lowest BCUT2D eigenvalue weighted by molar-refractivity contribution is 0.0696. The Kier molecular flexibility index (Phi) is 4.62. The minimum atomic E-state index is -0.940. The van der Waals surface area contributed by atoms with Crippen molar-refractivity contribution in [3.63, 3.8) is 0 Å². The molecule has 3 rings (SSSR count). The zero-order valence-corrected chi connectivity index (χ0v) is 13.5. The number of fused-ring (bicyclic) bond motifs is 1. The average Bonchev–Trinajstić information content (AvgIpc) is 2.94. The second kappa shape index (κ2) is 6.84. The second-order valence-electron chi connectivity index (χ2n) is 6.15. The number of ketones is 1. The molecule has 1 aliphatic heterocycles. The Morgan fingerprint density at radius 3 is 2.58 bits per heavy atom. The number of rotatable bonds is 6. The van der Waals surface area contributed by atoms with Crippen molar-refractivity contribution in [2.24, 2.45) is 0 Å². The van der Waals surface area contributed by atoms with Crippen molar-refractivity contribution in [2.75, 3.05) is 11.9 Å². The van der Waals surface area contributed by atoms with Gasteiger partial charge in [-0.25, -0.2) is 4.79 Å². The van der Waals surface area contributed by atoms with Crippen molar-refractivity contribution in [1.82, 2.24) is 5.32 Å². The summed E-state index contributed by atoms with van der Waals surface area (Å²) in [5.41, 5.74) is 4.23. The summed E-state index contributed by atoms with van der Waals surface area (Å²) in [6.45, 7) is 2.90. The van der Waals surface area contributed by atoms with Crippen molar-refractivity contribution in [2.45, 2.75) is 25.9 Å². The lowest BCUT2D eigenvalue weighted by atomic mass is 10.0. The molecule has 0 radical (unpaired) electrons. The van der Waals surface area contributed by atoms with Crippen molar-refractivity contribution >= 4 is 17.4 Å². The van der Waals surface area contributed by atoms with Gasteiger partial charge in [0.1, 0.15) is 0 Å². The van der Waals surface area contributed by atoms with Gasteiger partial charge in [0, 0.05) is 23.8 Å². The van der Waals surface area contributed by atoms with E-state index in [0.717, 1.165) is 23.2 Å². The lowest BCUT2D eigenvalue weighted by Gasteiger charge is -2.07. The van der Waals surface area contributed by atoms with Crippen LogP contribution in [0, 0.1) is 0 Å². The van der Waals surface area contributed by atoms with E-state index in [1.165, 1.54) is 5.56 Å². The minimum absolute atomic E-state index is 0.0551. The van der Waals surface area contributed by atoms with E-state index < -0.39 is 5.97 Å². The zero-order valence-electron chi connectivity index (χ0n) is 13.5. The Bertz CT molecular complexity index is 769. The standard InChI is InChI=1S/C19H20N2O3/c1-12-8-16-9-15(6-7-17(16)21-12)18(22)11-20-10-13-2-4-14(5-3-13)19(23)24/h2-7,9,12,20-21H,8,10-11H2,1H3,(H,23,24). The maximum Gasteiger partial charge on any atom is 0.335 e. The predicted molar refractivity (Wildman–Crippen MR) is 92.7 cm³/mol. The Morgan fingerprint density at radius 1 is 1.17 bits per heavy atom. The Labute approximate surface area is 140 Å². The number of carboxylic acid groups (broad SMARTS) is 1. The first-order chi connectivity index (χ1) is 11.5. The third-order valence-corrected chi connectivity index (χ3v) is 4.17. The van der Waals surface area contributed by atoms with E-state index in [9.17, 15) is 9.59 Å². The van der Waals surface area contributed by atoms with Gasteiger partial charge in [0.25, 0.3) is 0 Å². The lowest BCUT2D eigenvalue weighted by Crippen LogP contribution is -2.22. The Hall–Kier alpha value is -2.66. The molecule has 0 aliphatic carbocycles. The van der Waals surface area contributed by atoms with E-state index in [-0.39, 0.29) is 17.9 Å². The van der Waals surface area contributed by atoms with Crippen LogP contribution in [0.4, 0.5) is 5.69 Å². The first kappa shape index (κ1) is 16.2. The number of anilines is 1. The molecule has 24 heavy (non-hydrogen) atoms. The maximum absolute atomic E-state index is 12.3. The summed E-state index contributed by atoms with van der Waals surface area (Å²) in [6.07, 6.45) is 0.944. The SMILES string of the molecule is CC1Cc2cc(C(=O)CNCc3ccc(C(=O)O)cc3)ccc2N1. The predicted octanol–water partition coefficient (Wildman–Crippen LogP) is 2.71. The molecule has 1 unspecified atom stereocenters. The molecule has 0 amide bonds. The summed E-state index contributed by atoms with van der Waals surface area (Å²) >= 11 is 0. The molecule has 5 nitrogen and oxygen atoms in total. The highest BCUT2D eigenvalue weighted by atomic mass is 16.4. The third kappa shape index (κ3) is 3.63. The molecular formula is C19H20N2O3. The van der Waals surface area contributed by atoms with Crippen molar-refractivity contribution in [1.29, 1.82) is 0 Å². The molecule has 2 aromatic rings. The van der Waals surface area contributed by atoms with Gasteiger partial charge in [0.15, 0.2) is 5.78 Å². The molecule has 0 saturated carbocycles. The summed E-state index contributed by atoms with van der Waals surface area (Å²) in [5.74, 6) is -0.885. The molecule has 0 aromatic heterocycles. The van der Waals surface area contributed by atoms with Crippen LogP contribution in [0.1, 0.15) is 38.8 Å². The highest BCUT2D eigenvalue weighted by Gasteiger charge is 2.18. The molecule has 0 saturated heterocycles. The zero-order chi connectivity index (χ0) is 17.1. The smallest absolute Gasteiger partial charge is 0.335 e. The van der Waals surface area contributed by atoms with Gasteiger partial charge < -0.3 is 15.7 Å². The van der Waals surface area contributed by atoms with Crippen LogP contribution in [0.3, 0.4) is 0 Å². The topological polar surface area (TPSA) is 78.4 Å². The normalized spacial score (nSPS) is 15.6. The number of Topliss-reactive ketones (excluding diaryl/α,β-unsaturated/α-hetero) is 1. The number of nitrogens with one attached hydrogen (secondary N) is 2. The second-order valence-corrected chi connectivity index (χ2v) is 6.15. The molecular weight excluding hydrogens is 304 g/mol. The number of carbonyl (C=O) groups is 2. The van der Waals surface area contributed by atoms with Gasteiger partial charge in [-0.1, -0.05) is 12.1 Å². The molecule has 1 heterocycles. The number of benzene rings is 2. The number of hydrogen-bond donors (Lipinski definition) is 3. The van der Waals surface area contributed by atoms with E-state index in [2.05, 4.69) is 17.6 Å². The van der Waals surface area contributed by atoms with E-state index in [0.29, 0.717) is 12.6 Å². The average molecular weight is 324 g/mol. The highest BCUT2D eigenvalue weighted by Crippen LogP contribution is 2.26. The van der Waals surface area contributed by atoms with E-state index in [1.54, 1.807) is 24.3 Å². The van der Waals surface area contributed by atoms with Crippen LogP contribution >= 0.6 is 0 Å². The van der Waals surface area contributed by atoms with Gasteiger partial charge in [-0.05, 0) is 54.8 Å². The molecule has 0 fully saturated rings. The van der Waals surface area contributed by atoms with Gasteiger partial charge in [-0.15, -0.1) is 0 Å². The van der Waals surface area contributed by atoms with Crippen molar-refractivity contribution < 1.29 is 14.7 Å². The van der Waals surface area contributed by atoms with Crippen molar-refractivity contribution in [3.8, 4) is 0 Å². The molecule has 0 spiro atoms. The maximum atomic E-state index is 12.3. The van der Waals surface area contributed by atoms with Gasteiger partial charge in [-0.2, -0.15) is 0 Å². The summed E-state index contributed by atoms with van der Waals surface area (Å²) in [6, 6.07) is 12.8. The quantitative estimate of drug-likeness (QED) is 0.712. The third-order valence-electron chi connectivity index (χ3n) is 4.17. The Morgan fingerprint density at radius 2 is 1.88 bits per heavy atom. The fourth-order valence-electron chi connectivity index (χ4n) is 2.91. The monoisotopic (exact) mass is 324 g/mol. The van der Waals surface area contributed by atoms with Gasteiger partial charge in [0.05, 0.1) is 12.1 Å². The highest BCUT2D eigenvalue weighted by molar-refractivity contribution is 5.98. The molecule has 5 heteroatoms. The molecule has 3 N–H and O–H groups in total. The van der Waals surface area contributed by atoms with Gasteiger partial charge >= 0.3 is 5.97 Å². The van der Waals surface area contributed by atoms with E-state index >= 15 is 0 Å². The largest absolute Gasteiger partial charge is 0.478 e. The number of carbonyl (C=O) groups excluding carboxylic acids is 1. The molecule has 1 aliphatic rings. The van der Waals surface area contributed by atoms with Crippen LogP contribution in [-0.2, 0) is 13.0 Å². The number of carboxylic acids is 1. The minimum Gasteiger partial charge on any atom is -0.478 e. The molecule has 1 atom stereocenters. The van der Waals surface area contributed by atoms with Crippen LogP contribution < -0.4 is 10.6 Å². The first-order valence-corrected chi connectivity index (χ1v) is 7.98. The fraction of sp³-hybridized carbons (Fsp3) is 0.263. The van der Waals surface area contributed by atoms with Crippen LogP contribution in [-0.4, -0.2) is 29.4 Å². The number of hydrogen-bond acceptors (Lipinski definition) is 4. The first-order valence-electron chi connectivity index (χ1n) is 7.98. The van der Waals surface area contributed by atoms with E-state index in [1.807, 2.05) is 18.2 Å². The van der Waals surface area contributed by atoms with Crippen LogP contribution in [0.15, 0.2) is 42.5 Å². The van der Waals surface area contributed by atoms with Gasteiger partial charge in [-0.3, -0.25) is 4.79 Å². The number of aromatic carboxylic acids is 1.